The molecule has 0 aromatic heterocycles. The Morgan fingerprint density at radius 1 is 0.727 bits per heavy atom. The molecule has 3 amide bonds. The molecule has 0 atom stereocenters. The lowest BCUT2D eigenvalue weighted by molar-refractivity contribution is 0.0929. The number of nitrogens with two attached hydrogens (primary N) is 1. The van der Waals surface area contributed by atoms with Crippen LogP contribution in [-0.2, 0) is 0 Å². The minimum absolute atomic E-state index is 0.0718. The van der Waals surface area contributed by atoms with Crippen LogP contribution >= 0.6 is 0 Å². The van der Waals surface area contributed by atoms with E-state index in [1.54, 1.807) is 0 Å². The summed E-state index contributed by atoms with van der Waals surface area (Å²) in [6.07, 6.45) is 20.7. The maximum atomic E-state index is 12.0. The highest BCUT2D eigenvalue weighted by atomic mass is 16.3. The highest BCUT2D eigenvalue weighted by Gasteiger charge is 2.11. The van der Waals surface area contributed by atoms with Crippen molar-refractivity contribution in [1.29, 1.82) is 0 Å². The molecule has 0 aliphatic heterocycles. The number of unbranched alkanes of at least 4 members (excludes halogenated alkanes) is 15. The van der Waals surface area contributed by atoms with Crippen molar-refractivity contribution in [2.24, 2.45) is 5.84 Å². The van der Waals surface area contributed by atoms with Gasteiger partial charge in [-0.15, -0.1) is 0 Å². The van der Waals surface area contributed by atoms with E-state index in [2.05, 4.69) is 17.8 Å². The number of urea groups is 1. The molecule has 1 rings (SSSR count). The minimum Gasteiger partial charge on any atom is -0.508 e. The fourth-order valence-electron chi connectivity index (χ4n) is 3.80. The Labute approximate surface area is 200 Å². The molecule has 0 unspecified atom stereocenters. The molecule has 33 heavy (non-hydrogen) atoms. The third-order valence-electron chi connectivity index (χ3n) is 5.93. The van der Waals surface area contributed by atoms with Gasteiger partial charge < -0.3 is 5.11 Å². The number of benzene rings is 1. The summed E-state index contributed by atoms with van der Waals surface area (Å²) in [4.78, 5) is 23.9. The normalized spacial score (nSPS) is 10.7. The molecule has 7 nitrogen and oxygen atoms in total. The minimum atomic E-state index is -0.553. The van der Waals surface area contributed by atoms with Gasteiger partial charge in [-0.05, 0) is 30.7 Å². The van der Waals surface area contributed by atoms with Gasteiger partial charge in [-0.2, -0.15) is 0 Å². The van der Waals surface area contributed by atoms with Crippen molar-refractivity contribution >= 4 is 11.9 Å². The van der Waals surface area contributed by atoms with Crippen LogP contribution in [0.15, 0.2) is 24.3 Å². The van der Waals surface area contributed by atoms with Gasteiger partial charge in [0.15, 0.2) is 0 Å². The quantitative estimate of drug-likeness (QED) is 0.0903. The predicted molar refractivity (Wildman–Crippen MR) is 135 cm³/mol. The second kappa shape index (κ2) is 19.2. The molecule has 0 bridgehead atoms. The zero-order valence-corrected chi connectivity index (χ0v) is 20.6. The number of rotatable bonds is 18. The van der Waals surface area contributed by atoms with E-state index < -0.39 is 11.9 Å². The van der Waals surface area contributed by atoms with E-state index in [9.17, 15) is 14.7 Å². The van der Waals surface area contributed by atoms with Crippen molar-refractivity contribution in [2.75, 3.05) is 6.54 Å². The molecule has 0 heterocycles. The van der Waals surface area contributed by atoms with Crippen LogP contribution in [-0.4, -0.2) is 28.6 Å². The maximum absolute atomic E-state index is 12.0. The van der Waals surface area contributed by atoms with Gasteiger partial charge in [0.25, 0.3) is 5.91 Å². The molecule has 0 saturated carbocycles. The first-order valence-corrected chi connectivity index (χ1v) is 13.0. The van der Waals surface area contributed by atoms with E-state index in [0.29, 0.717) is 12.1 Å². The summed E-state index contributed by atoms with van der Waals surface area (Å²) < 4.78 is 0. The highest BCUT2D eigenvalue weighted by Crippen LogP contribution is 2.14. The molecule has 5 N–H and O–H groups in total. The number of phenolic OH excluding ortho intramolecular Hbond substituents is 1. The molecule has 1 aromatic rings. The Morgan fingerprint density at radius 3 is 1.61 bits per heavy atom. The molecular formula is C26H46N4O3. The van der Waals surface area contributed by atoms with Crippen LogP contribution in [0.5, 0.6) is 5.75 Å². The van der Waals surface area contributed by atoms with E-state index >= 15 is 0 Å². The van der Waals surface area contributed by atoms with Gasteiger partial charge in [-0.3, -0.25) is 15.2 Å². The van der Waals surface area contributed by atoms with Gasteiger partial charge in [0.2, 0.25) is 0 Å². The first kappa shape index (κ1) is 28.8. The summed E-state index contributed by atoms with van der Waals surface area (Å²) in [7, 11) is 0. The first-order valence-electron chi connectivity index (χ1n) is 13.0. The maximum Gasteiger partial charge on any atom is 0.350 e. The number of hydrogen-bond acceptors (Lipinski definition) is 4. The fraction of sp³-hybridized carbons (Fsp3) is 0.692. The molecular weight excluding hydrogens is 416 g/mol. The van der Waals surface area contributed by atoms with E-state index in [1.807, 2.05) is 0 Å². The van der Waals surface area contributed by atoms with Crippen LogP contribution in [0.3, 0.4) is 0 Å². The van der Waals surface area contributed by atoms with Crippen molar-refractivity contribution in [3.8, 4) is 5.75 Å². The van der Waals surface area contributed by atoms with Crippen molar-refractivity contribution in [3.63, 3.8) is 0 Å². The summed E-state index contributed by atoms with van der Waals surface area (Å²) >= 11 is 0. The third-order valence-corrected chi connectivity index (χ3v) is 5.93. The summed E-state index contributed by atoms with van der Waals surface area (Å²) in [6.45, 7) is 2.71. The van der Waals surface area contributed by atoms with E-state index in [1.165, 1.54) is 108 Å². The number of hydrazine groups is 2. The Hall–Kier alpha value is -2.28. The predicted octanol–water partition coefficient (Wildman–Crippen LogP) is 6.18. The topological polar surface area (TPSA) is 108 Å². The van der Waals surface area contributed by atoms with Crippen molar-refractivity contribution in [1.82, 2.24) is 15.9 Å². The zero-order valence-electron chi connectivity index (χ0n) is 20.6. The Kier molecular flexibility index (Phi) is 16.7. The standard InChI is InChI=1S/C26H46N4O3/c1-2-3-4-5-6-7-8-9-10-11-12-13-14-15-16-17-22-30(27)26(33)29-28-25(32)23-18-20-24(31)21-19-23/h18-21,31H,2-17,22,27H2,1H3,(H,28,32)(H,29,33). The van der Waals surface area contributed by atoms with Gasteiger partial charge in [-0.25, -0.2) is 16.1 Å². The van der Waals surface area contributed by atoms with Gasteiger partial charge in [0.05, 0.1) is 0 Å². The number of carbonyl (C=O) groups excluding carboxylic acids is 2. The smallest absolute Gasteiger partial charge is 0.350 e. The van der Waals surface area contributed by atoms with E-state index in [0.717, 1.165) is 24.3 Å². The molecule has 1 aromatic carbocycles. The van der Waals surface area contributed by atoms with Crippen molar-refractivity contribution in [2.45, 2.75) is 110 Å². The number of nitrogens with zero attached hydrogens (tertiary/aromatic N) is 1. The van der Waals surface area contributed by atoms with Crippen LogP contribution in [0.2, 0.25) is 0 Å². The molecule has 0 aliphatic rings. The Bertz CT molecular complexity index is 637. The first-order chi connectivity index (χ1) is 16.0. The Balaban J connectivity index is 1.90. The average molecular weight is 463 g/mol. The number of phenols is 1. The number of aromatic hydroxyl groups is 1. The van der Waals surface area contributed by atoms with Crippen LogP contribution in [0.1, 0.15) is 120 Å². The number of amides is 3. The molecule has 188 valence electrons. The zero-order chi connectivity index (χ0) is 24.2. The average Bonchev–Trinajstić information content (AvgIpc) is 2.82. The highest BCUT2D eigenvalue weighted by molar-refractivity contribution is 5.95. The van der Waals surface area contributed by atoms with Crippen LogP contribution in [0.4, 0.5) is 4.79 Å². The number of nitrogens with one attached hydrogen (secondary N) is 2. The lowest BCUT2D eigenvalue weighted by Crippen LogP contribution is -2.51. The second-order valence-corrected chi connectivity index (χ2v) is 8.93. The van der Waals surface area contributed by atoms with Gasteiger partial charge in [0, 0.05) is 12.1 Å². The van der Waals surface area contributed by atoms with E-state index in [-0.39, 0.29) is 5.75 Å². The number of hydrogen-bond donors (Lipinski definition) is 4. The molecule has 0 radical (unpaired) electrons. The fourth-order valence-corrected chi connectivity index (χ4v) is 3.80. The SMILES string of the molecule is CCCCCCCCCCCCCCCCCCN(N)C(=O)NNC(=O)c1ccc(O)cc1. The third kappa shape index (κ3) is 15.2. The van der Waals surface area contributed by atoms with Gasteiger partial charge in [-0.1, -0.05) is 103 Å². The summed E-state index contributed by atoms with van der Waals surface area (Å²) in [5.74, 6) is 5.36. The summed E-state index contributed by atoms with van der Waals surface area (Å²) in [5, 5.41) is 10.3. The number of carbonyl (C=O) groups is 2. The molecule has 0 aliphatic carbocycles. The van der Waals surface area contributed by atoms with Crippen LogP contribution in [0, 0.1) is 0 Å². The van der Waals surface area contributed by atoms with Crippen molar-refractivity contribution in [3.05, 3.63) is 29.8 Å². The molecule has 7 heteroatoms. The molecule has 0 fully saturated rings. The van der Waals surface area contributed by atoms with Crippen LogP contribution < -0.4 is 16.7 Å². The molecule has 0 spiro atoms. The summed E-state index contributed by atoms with van der Waals surface area (Å²) in [5.41, 5.74) is 4.94. The lowest BCUT2D eigenvalue weighted by Gasteiger charge is -2.17. The van der Waals surface area contributed by atoms with E-state index in [4.69, 9.17) is 5.84 Å². The molecule has 0 saturated heterocycles. The van der Waals surface area contributed by atoms with Gasteiger partial charge >= 0.3 is 6.03 Å². The summed E-state index contributed by atoms with van der Waals surface area (Å²) in [6, 6.07) is 5.19. The Morgan fingerprint density at radius 2 is 1.15 bits per heavy atom. The van der Waals surface area contributed by atoms with Gasteiger partial charge in [0.1, 0.15) is 5.75 Å². The monoisotopic (exact) mass is 462 g/mol. The largest absolute Gasteiger partial charge is 0.508 e. The van der Waals surface area contributed by atoms with Crippen LogP contribution in [0.25, 0.3) is 0 Å². The lowest BCUT2D eigenvalue weighted by atomic mass is 10.0. The van der Waals surface area contributed by atoms with Crippen molar-refractivity contribution < 1.29 is 14.7 Å². The second-order valence-electron chi connectivity index (χ2n) is 8.93.